The van der Waals surface area contributed by atoms with Crippen molar-refractivity contribution in [2.45, 2.75) is 31.3 Å². The highest BCUT2D eigenvalue weighted by molar-refractivity contribution is 7.98. The van der Waals surface area contributed by atoms with Crippen LogP contribution in [0.2, 0.25) is 0 Å². The molecule has 0 aromatic heterocycles. The first kappa shape index (κ1) is 14.0. The normalized spacial score (nSPS) is 11.3. The summed E-state index contributed by atoms with van der Waals surface area (Å²) in [6, 6.07) is 7.14. The van der Waals surface area contributed by atoms with E-state index in [9.17, 15) is 4.79 Å². The molecule has 94 valence electrons. The van der Waals surface area contributed by atoms with Crippen LogP contribution in [0.4, 0.5) is 0 Å². The van der Waals surface area contributed by atoms with Crippen molar-refractivity contribution in [1.29, 1.82) is 0 Å². The molecule has 17 heavy (non-hydrogen) atoms. The van der Waals surface area contributed by atoms with Crippen LogP contribution in [0.3, 0.4) is 0 Å². The zero-order chi connectivity index (χ0) is 12.9. The third kappa shape index (κ3) is 4.77. The van der Waals surface area contributed by atoms with Crippen molar-refractivity contribution in [1.82, 2.24) is 0 Å². The Morgan fingerprint density at radius 2 is 1.88 bits per heavy atom. The molecule has 0 unspecified atom stereocenters. The molecule has 5 heteroatoms. The molecular weight excluding hydrogens is 240 g/mol. The van der Waals surface area contributed by atoms with Gasteiger partial charge in [0.2, 0.25) is 0 Å². The lowest BCUT2D eigenvalue weighted by Crippen LogP contribution is -2.21. The van der Waals surface area contributed by atoms with Gasteiger partial charge >= 0.3 is 5.97 Å². The fourth-order valence-corrected chi connectivity index (χ4v) is 1.59. The Kier molecular flexibility index (Phi) is 4.99. The highest BCUT2D eigenvalue weighted by atomic mass is 32.2. The lowest BCUT2D eigenvalue weighted by atomic mass is 10.2. The van der Waals surface area contributed by atoms with Crippen LogP contribution in [0.25, 0.3) is 0 Å². The molecule has 1 rings (SSSR count). The maximum absolute atomic E-state index is 11.7. The summed E-state index contributed by atoms with van der Waals surface area (Å²) in [6.45, 7) is 5.37. The minimum atomic E-state index is -0.570. The molecule has 0 spiro atoms. The molecule has 0 heterocycles. The fourth-order valence-electron chi connectivity index (χ4n) is 1.01. The Labute approximate surface area is 105 Å². The first-order valence-electron chi connectivity index (χ1n) is 5.14. The van der Waals surface area contributed by atoms with E-state index in [4.69, 9.17) is 4.89 Å². The van der Waals surface area contributed by atoms with Gasteiger partial charge in [-0.25, -0.2) is 4.79 Å². The van der Waals surface area contributed by atoms with Gasteiger partial charge < -0.3 is 0 Å². The summed E-state index contributed by atoms with van der Waals surface area (Å²) in [5.41, 5.74) is -0.0724. The highest BCUT2D eigenvalue weighted by Crippen LogP contribution is 2.20. The standard InChI is InChI=1S/C12H16O4S/c1-12(2,3)15-16-14-11(13)9-7-5-6-8-10(9)17-4/h5-8H,1-4H3. The van der Waals surface area contributed by atoms with E-state index in [1.54, 1.807) is 32.9 Å². The second kappa shape index (κ2) is 6.05. The molecule has 0 radical (unpaired) electrons. The van der Waals surface area contributed by atoms with E-state index in [-0.39, 0.29) is 0 Å². The topological polar surface area (TPSA) is 44.8 Å². The molecule has 0 fully saturated rings. The number of carbonyl (C=O) groups excluding carboxylic acids is 1. The molecule has 0 atom stereocenters. The predicted octanol–water partition coefficient (Wildman–Crippen LogP) is 3.23. The van der Waals surface area contributed by atoms with Gasteiger partial charge in [0.05, 0.1) is 11.2 Å². The quantitative estimate of drug-likeness (QED) is 0.470. The molecule has 0 aliphatic carbocycles. The van der Waals surface area contributed by atoms with Gasteiger partial charge in [0, 0.05) is 4.90 Å². The third-order valence-electron chi connectivity index (χ3n) is 1.72. The van der Waals surface area contributed by atoms with Crippen molar-refractivity contribution < 1.29 is 19.6 Å². The van der Waals surface area contributed by atoms with E-state index < -0.39 is 11.6 Å². The molecule has 4 nitrogen and oxygen atoms in total. The van der Waals surface area contributed by atoms with Gasteiger partial charge in [-0.05, 0) is 44.2 Å². The molecule has 0 saturated heterocycles. The van der Waals surface area contributed by atoms with Crippen LogP contribution < -0.4 is 0 Å². The Bertz CT molecular complexity index is 384. The molecule has 0 aliphatic rings. The molecule has 0 saturated carbocycles. The number of hydrogen-bond acceptors (Lipinski definition) is 5. The number of thioether (sulfide) groups is 1. The lowest BCUT2D eigenvalue weighted by Gasteiger charge is -2.15. The number of carbonyl (C=O) groups is 1. The van der Waals surface area contributed by atoms with Gasteiger partial charge in [-0.1, -0.05) is 12.1 Å². The molecular formula is C12H16O4S. The molecule has 0 amide bonds. The van der Waals surface area contributed by atoms with E-state index in [1.807, 2.05) is 18.4 Å². The highest BCUT2D eigenvalue weighted by Gasteiger charge is 2.16. The van der Waals surface area contributed by atoms with Crippen molar-refractivity contribution in [3.63, 3.8) is 0 Å². The van der Waals surface area contributed by atoms with Crippen molar-refractivity contribution in [2.24, 2.45) is 0 Å². The number of benzene rings is 1. The van der Waals surface area contributed by atoms with Crippen LogP contribution >= 0.6 is 11.8 Å². The van der Waals surface area contributed by atoms with Gasteiger partial charge in [-0.3, -0.25) is 4.89 Å². The van der Waals surface area contributed by atoms with E-state index in [1.165, 1.54) is 11.8 Å². The number of rotatable bonds is 4. The molecule has 0 aliphatic heterocycles. The average molecular weight is 256 g/mol. The third-order valence-corrected chi connectivity index (χ3v) is 2.52. The predicted molar refractivity (Wildman–Crippen MR) is 65.6 cm³/mol. The fraction of sp³-hybridized carbons (Fsp3) is 0.417. The van der Waals surface area contributed by atoms with Gasteiger partial charge in [-0.2, -0.15) is 4.89 Å². The average Bonchev–Trinajstić information content (AvgIpc) is 2.27. The van der Waals surface area contributed by atoms with E-state index in [0.717, 1.165) is 4.90 Å². The second-order valence-electron chi connectivity index (χ2n) is 4.33. The van der Waals surface area contributed by atoms with Gasteiger partial charge in [-0.15, -0.1) is 11.8 Å². The summed E-state index contributed by atoms with van der Waals surface area (Å²) in [4.78, 5) is 21.9. The summed E-state index contributed by atoms with van der Waals surface area (Å²) >= 11 is 1.47. The summed E-state index contributed by atoms with van der Waals surface area (Å²) < 4.78 is 0. The first-order valence-corrected chi connectivity index (χ1v) is 6.36. The Balaban J connectivity index is 2.58. The maximum atomic E-state index is 11.7. The van der Waals surface area contributed by atoms with Crippen LogP contribution in [0.1, 0.15) is 31.1 Å². The van der Waals surface area contributed by atoms with Crippen LogP contribution in [0, 0.1) is 0 Å². The lowest BCUT2D eigenvalue weighted by molar-refractivity contribution is -0.510. The summed E-state index contributed by atoms with van der Waals surface area (Å²) in [7, 11) is 0. The minimum Gasteiger partial charge on any atom is -0.263 e. The summed E-state index contributed by atoms with van der Waals surface area (Å²) in [6.07, 6.45) is 1.89. The smallest absolute Gasteiger partial charge is 0.263 e. The van der Waals surface area contributed by atoms with Crippen LogP contribution in [0.15, 0.2) is 29.2 Å². The Morgan fingerprint density at radius 3 is 2.47 bits per heavy atom. The zero-order valence-corrected chi connectivity index (χ0v) is 11.2. The zero-order valence-electron chi connectivity index (χ0n) is 10.4. The SMILES string of the molecule is CSc1ccccc1C(=O)OOOC(C)(C)C. The van der Waals surface area contributed by atoms with Gasteiger partial charge in [0.15, 0.2) is 0 Å². The van der Waals surface area contributed by atoms with Gasteiger partial charge in [0.1, 0.15) is 0 Å². The van der Waals surface area contributed by atoms with Crippen LogP contribution in [0.5, 0.6) is 0 Å². The molecule has 0 bridgehead atoms. The van der Waals surface area contributed by atoms with Crippen molar-refractivity contribution in [2.75, 3.05) is 6.26 Å². The van der Waals surface area contributed by atoms with Crippen molar-refractivity contribution >= 4 is 17.7 Å². The van der Waals surface area contributed by atoms with Gasteiger partial charge in [0.25, 0.3) is 0 Å². The maximum Gasteiger partial charge on any atom is 0.377 e. The summed E-state index contributed by atoms with van der Waals surface area (Å²) in [5, 5.41) is 4.45. The second-order valence-corrected chi connectivity index (χ2v) is 5.18. The first-order chi connectivity index (χ1) is 7.94. The van der Waals surface area contributed by atoms with E-state index in [0.29, 0.717) is 5.56 Å². The minimum absolute atomic E-state index is 0.456. The summed E-state index contributed by atoms with van der Waals surface area (Å²) in [5.74, 6) is -0.570. The van der Waals surface area contributed by atoms with E-state index in [2.05, 4.69) is 9.93 Å². The number of hydrogen-bond donors (Lipinski definition) is 0. The van der Waals surface area contributed by atoms with Crippen LogP contribution in [-0.2, 0) is 14.8 Å². The monoisotopic (exact) mass is 256 g/mol. The Morgan fingerprint density at radius 1 is 1.24 bits per heavy atom. The molecule has 1 aromatic rings. The van der Waals surface area contributed by atoms with Crippen molar-refractivity contribution in [3.05, 3.63) is 29.8 Å². The van der Waals surface area contributed by atoms with Crippen LogP contribution in [-0.4, -0.2) is 17.8 Å². The molecule has 0 N–H and O–H groups in total. The van der Waals surface area contributed by atoms with Crippen molar-refractivity contribution in [3.8, 4) is 0 Å². The largest absolute Gasteiger partial charge is 0.377 e. The van der Waals surface area contributed by atoms with E-state index >= 15 is 0 Å². The Hall–Kier alpha value is -1.04. The molecule has 1 aromatic carbocycles.